The molecule has 6 heteroatoms. The number of nitrogens with one attached hydrogen (secondary N) is 1. The van der Waals surface area contributed by atoms with Crippen LogP contribution in [0.15, 0.2) is 21.6 Å². The Morgan fingerprint density at radius 1 is 1.44 bits per heavy atom. The summed E-state index contributed by atoms with van der Waals surface area (Å²) in [6, 6.07) is 3.48. The Morgan fingerprint density at radius 3 is 2.50 bits per heavy atom. The standard InChI is InChI=1S/C10H12BrCl2N3/c1-2-3-15-10(14)16-9-7(12)4-6(11)5-8(9)13/h4-5H,2-3H2,1H3,(H3,14,15,16). The van der Waals surface area contributed by atoms with Crippen molar-refractivity contribution in [1.29, 1.82) is 0 Å². The van der Waals surface area contributed by atoms with E-state index in [9.17, 15) is 0 Å². The highest BCUT2D eigenvalue weighted by Crippen LogP contribution is 2.33. The maximum absolute atomic E-state index is 6.03. The van der Waals surface area contributed by atoms with E-state index in [0.29, 0.717) is 28.2 Å². The molecule has 0 aliphatic heterocycles. The van der Waals surface area contributed by atoms with Gasteiger partial charge in [-0.05, 0) is 18.6 Å². The highest BCUT2D eigenvalue weighted by Gasteiger charge is 2.08. The van der Waals surface area contributed by atoms with Crippen molar-refractivity contribution in [3.05, 3.63) is 26.7 Å². The molecule has 0 aliphatic carbocycles. The lowest BCUT2D eigenvalue weighted by Gasteiger charge is -2.10. The molecule has 0 bridgehead atoms. The predicted molar refractivity (Wildman–Crippen MR) is 74.6 cm³/mol. The van der Waals surface area contributed by atoms with Crippen LogP contribution in [0.25, 0.3) is 0 Å². The van der Waals surface area contributed by atoms with Gasteiger partial charge in [0.05, 0.1) is 15.7 Å². The first-order chi connectivity index (χ1) is 7.54. The topological polar surface area (TPSA) is 50.4 Å². The molecule has 0 heterocycles. The first-order valence-corrected chi connectivity index (χ1v) is 6.31. The molecule has 1 aromatic rings. The fraction of sp³-hybridized carbons (Fsp3) is 0.300. The minimum atomic E-state index is 0.313. The molecule has 0 radical (unpaired) electrons. The normalized spacial score (nSPS) is 11.6. The van der Waals surface area contributed by atoms with Crippen molar-refractivity contribution in [1.82, 2.24) is 0 Å². The minimum absolute atomic E-state index is 0.313. The molecule has 0 saturated carbocycles. The highest BCUT2D eigenvalue weighted by molar-refractivity contribution is 9.10. The Kier molecular flexibility index (Phi) is 5.38. The molecule has 0 amide bonds. The lowest BCUT2D eigenvalue weighted by Crippen LogP contribution is -2.23. The number of aliphatic imine (C=N–C) groups is 1. The monoisotopic (exact) mass is 323 g/mol. The molecule has 0 aliphatic rings. The summed E-state index contributed by atoms with van der Waals surface area (Å²) in [5, 5.41) is 3.87. The summed E-state index contributed by atoms with van der Waals surface area (Å²) in [5.41, 5.74) is 6.25. The molecule has 0 fully saturated rings. The van der Waals surface area contributed by atoms with E-state index >= 15 is 0 Å². The fourth-order valence-corrected chi connectivity index (χ4v) is 2.36. The summed E-state index contributed by atoms with van der Waals surface area (Å²) < 4.78 is 0.817. The van der Waals surface area contributed by atoms with Gasteiger partial charge in [-0.15, -0.1) is 0 Å². The van der Waals surface area contributed by atoms with Crippen molar-refractivity contribution in [2.75, 3.05) is 11.9 Å². The van der Waals surface area contributed by atoms with E-state index in [0.717, 1.165) is 10.9 Å². The van der Waals surface area contributed by atoms with Gasteiger partial charge in [0.2, 0.25) is 0 Å². The summed E-state index contributed by atoms with van der Waals surface area (Å²) in [5.74, 6) is 0.313. The fourth-order valence-electron chi connectivity index (χ4n) is 1.06. The van der Waals surface area contributed by atoms with E-state index in [1.54, 1.807) is 12.1 Å². The van der Waals surface area contributed by atoms with Crippen molar-refractivity contribution in [3.8, 4) is 0 Å². The molecule has 0 atom stereocenters. The lowest BCUT2D eigenvalue weighted by atomic mass is 10.3. The summed E-state index contributed by atoms with van der Waals surface area (Å²) in [6.07, 6.45) is 0.935. The second-order valence-corrected chi connectivity index (χ2v) is 4.87. The van der Waals surface area contributed by atoms with Gasteiger partial charge in [-0.25, -0.2) is 0 Å². The number of benzene rings is 1. The molecule has 1 aromatic carbocycles. The SMILES string of the molecule is CCCN=C(N)Nc1c(Cl)cc(Br)cc1Cl. The molecule has 88 valence electrons. The summed E-state index contributed by atoms with van der Waals surface area (Å²) >= 11 is 15.3. The van der Waals surface area contributed by atoms with Crippen LogP contribution in [0.3, 0.4) is 0 Å². The number of nitrogens with zero attached hydrogens (tertiary/aromatic N) is 1. The van der Waals surface area contributed by atoms with Crippen LogP contribution in [-0.4, -0.2) is 12.5 Å². The Labute approximate surface area is 113 Å². The number of hydrogen-bond donors (Lipinski definition) is 2. The number of anilines is 1. The number of hydrogen-bond acceptors (Lipinski definition) is 1. The van der Waals surface area contributed by atoms with Crippen LogP contribution in [0.5, 0.6) is 0 Å². The molecule has 3 nitrogen and oxygen atoms in total. The van der Waals surface area contributed by atoms with E-state index in [1.807, 2.05) is 6.92 Å². The molecular weight excluding hydrogens is 313 g/mol. The maximum Gasteiger partial charge on any atom is 0.193 e. The second-order valence-electron chi connectivity index (χ2n) is 3.14. The molecule has 0 saturated heterocycles. The van der Waals surface area contributed by atoms with Crippen LogP contribution in [0.2, 0.25) is 10.0 Å². The van der Waals surface area contributed by atoms with E-state index < -0.39 is 0 Å². The largest absolute Gasteiger partial charge is 0.370 e. The molecule has 0 aromatic heterocycles. The van der Waals surface area contributed by atoms with Crippen molar-refractivity contribution in [2.45, 2.75) is 13.3 Å². The molecule has 16 heavy (non-hydrogen) atoms. The van der Waals surface area contributed by atoms with Gasteiger partial charge in [0.25, 0.3) is 0 Å². The van der Waals surface area contributed by atoms with Crippen LogP contribution in [-0.2, 0) is 0 Å². The van der Waals surface area contributed by atoms with Gasteiger partial charge in [-0.2, -0.15) is 0 Å². The van der Waals surface area contributed by atoms with Gasteiger partial charge in [-0.3, -0.25) is 4.99 Å². The third-order valence-electron chi connectivity index (χ3n) is 1.77. The Balaban J connectivity index is 2.89. The maximum atomic E-state index is 6.03. The van der Waals surface area contributed by atoms with Gasteiger partial charge in [0.15, 0.2) is 5.96 Å². The third-order valence-corrected chi connectivity index (χ3v) is 2.82. The van der Waals surface area contributed by atoms with E-state index in [4.69, 9.17) is 28.9 Å². The van der Waals surface area contributed by atoms with Crippen LogP contribution in [0.4, 0.5) is 5.69 Å². The third kappa shape index (κ3) is 3.85. The first-order valence-electron chi connectivity index (χ1n) is 4.76. The first kappa shape index (κ1) is 13.6. The van der Waals surface area contributed by atoms with Crippen LogP contribution >= 0.6 is 39.1 Å². The highest BCUT2D eigenvalue weighted by atomic mass is 79.9. The van der Waals surface area contributed by atoms with E-state index in [-0.39, 0.29) is 0 Å². The zero-order chi connectivity index (χ0) is 12.1. The quantitative estimate of drug-likeness (QED) is 0.654. The zero-order valence-electron chi connectivity index (χ0n) is 8.73. The summed E-state index contributed by atoms with van der Waals surface area (Å²) in [4.78, 5) is 4.10. The van der Waals surface area contributed by atoms with Crippen molar-refractivity contribution >= 4 is 50.8 Å². The second kappa shape index (κ2) is 6.33. The average Bonchev–Trinajstić information content (AvgIpc) is 2.20. The van der Waals surface area contributed by atoms with Crippen molar-refractivity contribution < 1.29 is 0 Å². The van der Waals surface area contributed by atoms with Gasteiger partial charge in [0.1, 0.15) is 0 Å². The summed E-state index contributed by atoms with van der Waals surface area (Å²) in [7, 11) is 0. The van der Waals surface area contributed by atoms with Crippen molar-refractivity contribution in [2.24, 2.45) is 10.7 Å². The number of nitrogens with two attached hydrogens (primary N) is 1. The van der Waals surface area contributed by atoms with Crippen molar-refractivity contribution in [3.63, 3.8) is 0 Å². The molecule has 3 N–H and O–H groups in total. The average molecular weight is 325 g/mol. The van der Waals surface area contributed by atoms with Crippen LogP contribution in [0.1, 0.15) is 13.3 Å². The Bertz CT molecular complexity index is 384. The Hall–Kier alpha value is -0.450. The van der Waals surface area contributed by atoms with Crippen LogP contribution < -0.4 is 11.1 Å². The Morgan fingerprint density at radius 2 is 2.00 bits per heavy atom. The van der Waals surface area contributed by atoms with Gasteiger partial charge < -0.3 is 11.1 Å². The van der Waals surface area contributed by atoms with Gasteiger partial charge in [0, 0.05) is 11.0 Å². The zero-order valence-corrected chi connectivity index (χ0v) is 11.8. The van der Waals surface area contributed by atoms with E-state index in [2.05, 4.69) is 26.2 Å². The smallest absolute Gasteiger partial charge is 0.193 e. The number of rotatable bonds is 3. The molecule has 1 rings (SSSR count). The summed E-state index contributed by atoms with van der Waals surface area (Å²) in [6.45, 7) is 2.70. The van der Waals surface area contributed by atoms with Crippen LogP contribution in [0, 0.1) is 0 Å². The predicted octanol–water partition coefficient (Wildman–Crippen LogP) is 3.89. The van der Waals surface area contributed by atoms with Gasteiger partial charge >= 0.3 is 0 Å². The number of halogens is 3. The van der Waals surface area contributed by atoms with E-state index in [1.165, 1.54) is 0 Å². The molecule has 0 unspecified atom stereocenters. The molecule has 0 spiro atoms. The van der Waals surface area contributed by atoms with Gasteiger partial charge in [-0.1, -0.05) is 46.1 Å². The minimum Gasteiger partial charge on any atom is -0.370 e. The molecular formula is C10H12BrCl2N3. The lowest BCUT2D eigenvalue weighted by molar-refractivity contribution is 0.929. The number of guanidine groups is 1.